The predicted octanol–water partition coefficient (Wildman–Crippen LogP) is 2.32. The van der Waals surface area contributed by atoms with Gasteiger partial charge in [0.2, 0.25) is 11.8 Å². The second-order valence-electron chi connectivity index (χ2n) is 7.04. The molecule has 2 fully saturated rings. The summed E-state index contributed by atoms with van der Waals surface area (Å²) in [7, 11) is 0. The monoisotopic (exact) mass is 385 g/mol. The average molecular weight is 385 g/mol. The standard InChI is InChI=1S/C18H22F3N3O3/c1-12-10-15(12)17(26)24-8-6-23(7-9-24)11-16(25)22-13-2-4-14(5-3-13)27-18(19,20)21/h2-5,12,15H,6-11H2,1H3,(H,22,25)/t12-,15-/m1/s1. The molecule has 0 unspecified atom stereocenters. The lowest BCUT2D eigenvalue weighted by molar-refractivity contribution is -0.274. The molecule has 2 aliphatic rings. The molecule has 1 saturated heterocycles. The van der Waals surface area contributed by atoms with Gasteiger partial charge in [0.05, 0.1) is 6.54 Å². The van der Waals surface area contributed by atoms with Gasteiger partial charge in [0.15, 0.2) is 0 Å². The van der Waals surface area contributed by atoms with E-state index in [2.05, 4.69) is 17.0 Å². The van der Waals surface area contributed by atoms with Gasteiger partial charge in [-0.1, -0.05) is 6.92 Å². The highest BCUT2D eigenvalue weighted by molar-refractivity contribution is 5.92. The van der Waals surface area contributed by atoms with Crippen LogP contribution in [-0.2, 0) is 9.59 Å². The first-order chi connectivity index (χ1) is 12.7. The number of rotatable bonds is 5. The quantitative estimate of drug-likeness (QED) is 0.845. The lowest BCUT2D eigenvalue weighted by Crippen LogP contribution is -2.51. The largest absolute Gasteiger partial charge is 0.573 e. The lowest BCUT2D eigenvalue weighted by atomic mass is 10.2. The summed E-state index contributed by atoms with van der Waals surface area (Å²) in [5.74, 6) is 0.271. The maximum absolute atomic E-state index is 12.2. The maximum Gasteiger partial charge on any atom is 0.573 e. The van der Waals surface area contributed by atoms with E-state index in [4.69, 9.17) is 0 Å². The molecule has 1 aromatic rings. The Labute approximate surface area is 155 Å². The summed E-state index contributed by atoms with van der Waals surface area (Å²) in [6, 6.07) is 5.00. The number of piperazine rings is 1. The van der Waals surface area contributed by atoms with Crippen molar-refractivity contribution in [1.29, 1.82) is 0 Å². The van der Waals surface area contributed by atoms with Gasteiger partial charge in [-0.15, -0.1) is 13.2 Å². The van der Waals surface area contributed by atoms with E-state index < -0.39 is 6.36 Å². The molecule has 27 heavy (non-hydrogen) atoms. The molecule has 2 atom stereocenters. The molecule has 0 aromatic heterocycles. The van der Waals surface area contributed by atoms with Crippen LogP contribution in [0.4, 0.5) is 18.9 Å². The number of hydrogen-bond acceptors (Lipinski definition) is 4. The Kier molecular flexibility index (Phi) is 5.59. The number of ether oxygens (including phenoxy) is 1. The summed E-state index contributed by atoms with van der Waals surface area (Å²) in [5.41, 5.74) is 0.394. The van der Waals surface area contributed by atoms with E-state index in [1.807, 2.05) is 9.80 Å². The number of carbonyl (C=O) groups excluding carboxylic acids is 2. The van der Waals surface area contributed by atoms with Gasteiger partial charge in [-0.05, 0) is 36.6 Å². The first kappa shape index (κ1) is 19.5. The Morgan fingerprint density at radius 3 is 2.26 bits per heavy atom. The molecular formula is C18H22F3N3O3. The van der Waals surface area contributed by atoms with Crippen molar-refractivity contribution in [1.82, 2.24) is 9.80 Å². The molecule has 2 amide bonds. The predicted molar refractivity (Wildman–Crippen MR) is 92.0 cm³/mol. The Morgan fingerprint density at radius 1 is 1.15 bits per heavy atom. The third-order valence-electron chi connectivity index (χ3n) is 4.85. The Morgan fingerprint density at radius 2 is 1.74 bits per heavy atom. The normalized spacial score (nSPS) is 23.0. The summed E-state index contributed by atoms with van der Waals surface area (Å²) in [6.07, 6.45) is -3.78. The molecule has 1 saturated carbocycles. The Bertz CT molecular complexity index is 685. The first-order valence-corrected chi connectivity index (χ1v) is 8.88. The fraction of sp³-hybridized carbons (Fsp3) is 0.556. The molecule has 0 spiro atoms. The highest BCUT2D eigenvalue weighted by atomic mass is 19.4. The first-order valence-electron chi connectivity index (χ1n) is 8.88. The maximum atomic E-state index is 12.2. The molecule has 1 aliphatic carbocycles. The van der Waals surface area contributed by atoms with Crippen LogP contribution in [0.2, 0.25) is 0 Å². The lowest BCUT2D eigenvalue weighted by Gasteiger charge is -2.34. The zero-order chi connectivity index (χ0) is 19.6. The zero-order valence-corrected chi connectivity index (χ0v) is 15.0. The summed E-state index contributed by atoms with van der Waals surface area (Å²) in [6.45, 7) is 4.71. The number of carbonyl (C=O) groups is 2. The zero-order valence-electron chi connectivity index (χ0n) is 15.0. The van der Waals surface area contributed by atoms with E-state index >= 15 is 0 Å². The second-order valence-corrected chi connectivity index (χ2v) is 7.04. The average Bonchev–Trinajstić information content (AvgIpc) is 3.32. The number of benzene rings is 1. The summed E-state index contributed by atoms with van der Waals surface area (Å²) < 4.78 is 40.2. The van der Waals surface area contributed by atoms with Crippen molar-refractivity contribution in [3.05, 3.63) is 24.3 Å². The van der Waals surface area contributed by atoms with Crippen LogP contribution in [0.5, 0.6) is 5.75 Å². The van der Waals surface area contributed by atoms with Crippen LogP contribution >= 0.6 is 0 Å². The molecule has 6 nitrogen and oxygen atoms in total. The van der Waals surface area contributed by atoms with E-state index in [1.165, 1.54) is 12.1 Å². The van der Waals surface area contributed by atoms with Crippen molar-refractivity contribution in [3.8, 4) is 5.75 Å². The van der Waals surface area contributed by atoms with Crippen molar-refractivity contribution in [2.45, 2.75) is 19.7 Å². The molecular weight excluding hydrogens is 363 g/mol. The van der Waals surface area contributed by atoms with Crippen molar-refractivity contribution < 1.29 is 27.5 Å². The summed E-state index contributed by atoms with van der Waals surface area (Å²) >= 11 is 0. The highest BCUT2D eigenvalue weighted by Gasteiger charge is 2.42. The molecule has 1 aliphatic heterocycles. The van der Waals surface area contributed by atoms with Gasteiger partial charge >= 0.3 is 6.36 Å². The van der Waals surface area contributed by atoms with Crippen LogP contribution in [0, 0.1) is 11.8 Å². The number of alkyl halides is 3. The number of anilines is 1. The van der Waals surface area contributed by atoms with E-state index in [-0.39, 0.29) is 30.0 Å². The molecule has 9 heteroatoms. The van der Waals surface area contributed by atoms with Gasteiger partial charge < -0.3 is 15.0 Å². The smallest absolute Gasteiger partial charge is 0.406 e. The van der Waals surface area contributed by atoms with Crippen LogP contribution in [-0.4, -0.2) is 60.7 Å². The fourth-order valence-electron chi connectivity index (χ4n) is 3.17. The molecule has 3 rings (SSSR count). The van der Waals surface area contributed by atoms with Crippen LogP contribution in [0.15, 0.2) is 24.3 Å². The summed E-state index contributed by atoms with van der Waals surface area (Å²) in [4.78, 5) is 28.1. The molecule has 0 radical (unpaired) electrons. The van der Waals surface area contributed by atoms with Crippen molar-refractivity contribution in [2.24, 2.45) is 11.8 Å². The van der Waals surface area contributed by atoms with Crippen molar-refractivity contribution in [3.63, 3.8) is 0 Å². The van der Waals surface area contributed by atoms with Gasteiger partial charge in [-0.2, -0.15) is 0 Å². The van der Waals surface area contributed by atoms with Crippen LogP contribution in [0.3, 0.4) is 0 Å². The summed E-state index contributed by atoms with van der Waals surface area (Å²) in [5, 5.41) is 2.65. The molecule has 1 aromatic carbocycles. The molecule has 1 heterocycles. The SMILES string of the molecule is C[C@@H]1C[C@H]1C(=O)N1CCN(CC(=O)Nc2ccc(OC(F)(F)F)cc2)CC1. The topological polar surface area (TPSA) is 61.9 Å². The van der Waals surface area contributed by atoms with Crippen LogP contribution < -0.4 is 10.1 Å². The number of hydrogen-bond donors (Lipinski definition) is 1. The van der Waals surface area contributed by atoms with Gasteiger partial charge in [-0.3, -0.25) is 14.5 Å². The Balaban J connectivity index is 1.41. The minimum atomic E-state index is -4.74. The number of nitrogens with zero attached hydrogens (tertiary/aromatic N) is 2. The van der Waals surface area contributed by atoms with Gasteiger partial charge in [0, 0.05) is 37.8 Å². The van der Waals surface area contributed by atoms with E-state index in [0.717, 1.165) is 18.6 Å². The molecule has 148 valence electrons. The van der Waals surface area contributed by atoms with Gasteiger partial charge in [0.1, 0.15) is 5.75 Å². The Hall–Kier alpha value is -2.29. The molecule has 1 N–H and O–H groups in total. The third kappa shape index (κ3) is 5.59. The fourth-order valence-corrected chi connectivity index (χ4v) is 3.17. The van der Waals surface area contributed by atoms with E-state index in [9.17, 15) is 22.8 Å². The molecule has 0 bridgehead atoms. The van der Waals surface area contributed by atoms with Crippen LogP contribution in [0.1, 0.15) is 13.3 Å². The van der Waals surface area contributed by atoms with Gasteiger partial charge in [-0.25, -0.2) is 0 Å². The van der Waals surface area contributed by atoms with Gasteiger partial charge in [0.25, 0.3) is 0 Å². The minimum absolute atomic E-state index is 0.169. The second kappa shape index (κ2) is 7.75. The third-order valence-corrected chi connectivity index (χ3v) is 4.85. The number of amides is 2. The minimum Gasteiger partial charge on any atom is -0.406 e. The van der Waals surface area contributed by atoms with E-state index in [0.29, 0.717) is 37.8 Å². The van der Waals surface area contributed by atoms with Crippen molar-refractivity contribution in [2.75, 3.05) is 38.0 Å². The van der Waals surface area contributed by atoms with Crippen molar-refractivity contribution >= 4 is 17.5 Å². The number of nitrogens with one attached hydrogen (secondary N) is 1. The van der Waals surface area contributed by atoms with E-state index in [1.54, 1.807) is 0 Å². The van der Waals surface area contributed by atoms with Crippen LogP contribution in [0.25, 0.3) is 0 Å². The highest BCUT2D eigenvalue weighted by Crippen LogP contribution is 2.39. The number of halogens is 3.